The highest BCUT2D eigenvalue weighted by Gasteiger charge is 2.55. The third-order valence-corrected chi connectivity index (χ3v) is 2.30. The van der Waals surface area contributed by atoms with Gasteiger partial charge in [-0.15, -0.1) is 0 Å². The van der Waals surface area contributed by atoms with Crippen molar-refractivity contribution in [3.8, 4) is 0 Å². The van der Waals surface area contributed by atoms with Gasteiger partial charge in [0.25, 0.3) is 0 Å². The molecule has 1 N–H and O–H groups in total. The van der Waals surface area contributed by atoms with Crippen LogP contribution in [0, 0.1) is 0 Å². The molecule has 6 nitrogen and oxygen atoms in total. The average molecular weight is 208 g/mol. The molecule has 1 atom stereocenters. The Kier molecular flexibility index (Phi) is 2.38. The Labute approximate surface area is 77.9 Å². The van der Waals surface area contributed by atoms with Crippen LogP contribution in [0.4, 0.5) is 0 Å². The molecule has 0 radical (unpaired) electrons. The molecule has 2 amide bonds. The smallest absolute Gasteiger partial charge is 0.355 e. The van der Waals surface area contributed by atoms with E-state index in [-0.39, 0.29) is 12.8 Å². The second kappa shape index (κ2) is 3.06. The molecule has 0 aromatic carbocycles. The molecule has 0 saturated carbocycles. The highest BCUT2D eigenvalue weighted by molar-refractivity contribution is 6.29. The molecule has 0 aliphatic carbocycles. The van der Waals surface area contributed by atoms with E-state index in [2.05, 4.69) is 0 Å². The fourth-order valence-electron chi connectivity index (χ4n) is 1.10. The van der Waals surface area contributed by atoms with Gasteiger partial charge in [-0.2, -0.15) is 5.21 Å². The summed E-state index contributed by atoms with van der Waals surface area (Å²) in [4.78, 5) is 32.2. The average Bonchev–Trinajstić information content (AvgIpc) is 2.32. The number of rotatable bonds is 2. The number of likely N-dealkylation sites (tertiary alicyclic amines) is 1. The Balaban J connectivity index is 3.04. The summed E-state index contributed by atoms with van der Waals surface area (Å²) in [5.74, 6) is -3.70. The number of carboxylic acids is 1. The van der Waals surface area contributed by atoms with Crippen molar-refractivity contribution in [2.24, 2.45) is 0 Å². The normalized spacial score (nSPS) is 23.2. The molecular formula is C6H6ClNO5. The fraction of sp³-hybridized carbons (Fsp3) is 0.500. The number of carbonyl (C=O) groups excluding carboxylic acids is 3. The Morgan fingerprint density at radius 1 is 1.46 bits per heavy atom. The number of halogens is 1. The van der Waals surface area contributed by atoms with E-state index < -0.39 is 27.9 Å². The lowest BCUT2D eigenvalue weighted by atomic mass is 10.4. The van der Waals surface area contributed by atoms with Crippen LogP contribution in [0.5, 0.6) is 0 Å². The maximum atomic E-state index is 11.0. The molecule has 1 saturated heterocycles. The number of hydrogen-bond acceptors (Lipinski definition) is 5. The summed E-state index contributed by atoms with van der Waals surface area (Å²) < 4.78 is -1.89. The largest absolute Gasteiger partial charge is 0.543 e. The summed E-state index contributed by atoms with van der Waals surface area (Å²) in [5.41, 5.74) is -2.07. The molecule has 1 rings (SSSR count). The predicted octanol–water partition coefficient (Wildman–Crippen LogP) is -1.65. The lowest BCUT2D eigenvalue weighted by Gasteiger charge is -2.24. The first-order chi connectivity index (χ1) is 5.90. The lowest BCUT2D eigenvalue weighted by molar-refractivity contribution is -0.975. The zero-order chi connectivity index (χ0) is 10.2. The van der Waals surface area contributed by atoms with E-state index in [1.165, 1.54) is 0 Å². The van der Waals surface area contributed by atoms with Gasteiger partial charge in [-0.3, -0.25) is 0 Å². The molecule has 1 aliphatic heterocycles. The van der Waals surface area contributed by atoms with E-state index in [0.29, 0.717) is 0 Å². The second-order valence-corrected chi connectivity index (χ2v) is 3.04. The van der Waals surface area contributed by atoms with Gasteiger partial charge in [-0.1, -0.05) is 0 Å². The van der Waals surface area contributed by atoms with Crippen LogP contribution < -0.4 is 5.11 Å². The summed E-state index contributed by atoms with van der Waals surface area (Å²) in [6, 6.07) is 0. The van der Waals surface area contributed by atoms with Gasteiger partial charge in [-0.05, 0) is 16.2 Å². The number of carboxylic acid groups (broad SMARTS) is 1. The Morgan fingerprint density at radius 3 is 2.15 bits per heavy atom. The molecule has 0 aromatic rings. The van der Waals surface area contributed by atoms with Gasteiger partial charge in [0.2, 0.25) is 5.50 Å². The number of aliphatic carboxylic acids is 1. The first kappa shape index (κ1) is 10.1. The van der Waals surface area contributed by atoms with E-state index in [0.717, 1.165) is 0 Å². The van der Waals surface area contributed by atoms with Gasteiger partial charge in [-0.25, -0.2) is 9.59 Å². The van der Waals surface area contributed by atoms with E-state index in [9.17, 15) is 24.7 Å². The van der Waals surface area contributed by atoms with Crippen molar-refractivity contribution in [1.29, 1.82) is 0 Å². The van der Waals surface area contributed by atoms with Crippen LogP contribution in [-0.4, -0.2) is 33.1 Å². The number of alkyl halides is 1. The lowest BCUT2D eigenvalue weighted by Crippen LogP contribution is -2.60. The Morgan fingerprint density at radius 2 is 1.85 bits per heavy atom. The van der Waals surface area contributed by atoms with Gasteiger partial charge in [0.05, 0.1) is 12.8 Å². The minimum Gasteiger partial charge on any atom is -0.543 e. The SMILES string of the molecule is O=C([O-])C(Cl)[N+]1(O)C(=O)CCC1=O. The molecule has 0 spiro atoms. The molecular weight excluding hydrogens is 202 g/mol. The molecule has 1 heterocycles. The molecule has 1 unspecified atom stereocenters. The highest BCUT2D eigenvalue weighted by Crippen LogP contribution is 2.25. The number of hydrogen-bond donors (Lipinski definition) is 1. The van der Waals surface area contributed by atoms with Crippen molar-refractivity contribution in [3.05, 3.63) is 0 Å². The molecule has 0 aromatic heterocycles. The third-order valence-electron chi connectivity index (χ3n) is 1.84. The zero-order valence-electron chi connectivity index (χ0n) is 6.40. The van der Waals surface area contributed by atoms with E-state index in [4.69, 9.17) is 11.6 Å². The number of amides is 2. The summed E-state index contributed by atoms with van der Waals surface area (Å²) in [6.07, 6.45) is -0.405. The number of quaternary nitrogens is 1. The van der Waals surface area contributed by atoms with Gasteiger partial charge in [0.1, 0.15) is 5.97 Å². The quantitative estimate of drug-likeness (QED) is 0.193. The maximum absolute atomic E-state index is 11.0. The molecule has 1 aliphatic rings. The molecule has 72 valence electrons. The van der Waals surface area contributed by atoms with Gasteiger partial charge in [0.15, 0.2) is 0 Å². The van der Waals surface area contributed by atoms with Gasteiger partial charge >= 0.3 is 11.8 Å². The Hall–Kier alpha value is -0.980. The molecule has 7 heteroatoms. The van der Waals surface area contributed by atoms with Crippen molar-refractivity contribution in [3.63, 3.8) is 0 Å². The molecule has 13 heavy (non-hydrogen) atoms. The van der Waals surface area contributed by atoms with Crippen LogP contribution in [0.25, 0.3) is 0 Å². The van der Waals surface area contributed by atoms with Crippen molar-refractivity contribution in [2.45, 2.75) is 18.3 Å². The maximum Gasteiger partial charge on any atom is 0.355 e. The topological polar surface area (TPSA) is 94.5 Å². The van der Waals surface area contributed by atoms with Crippen LogP contribution in [0.3, 0.4) is 0 Å². The predicted molar refractivity (Wildman–Crippen MR) is 35.9 cm³/mol. The number of nitrogens with zero attached hydrogens (tertiary/aromatic N) is 1. The van der Waals surface area contributed by atoms with E-state index in [1.807, 2.05) is 0 Å². The van der Waals surface area contributed by atoms with Crippen molar-refractivity contribution >= 4 is 29.4 Å². The first-order valence-corrected chi connectivity index (χ1v) is 3.87. The number of carbonyl (C=O) groups is 3. The van der Waals surface area contributed by atoms with Gasteiger partial charge < -0.3 is 9.90 Å². The van der Waals surface area contributed by atoms with Crippen LogP contribution in [0.2, 0.25) is 0 Å². The summed E-state index contributed by atoms with van der Waals surface area (Å²) in [7, 11) is 0. The van der Waals surface area contributed by atoms with Crippen LogP contribution in [0.1, 0.15) is 12.8 Å². The fourth-order valence-corrected chi connectivity index (χ4v) is 1.32. The molecule has 1 fully saturated rings. The third kappa shape index (κ3) is 1.32. The van der Waals surface area contributed by atoms with Crippen LogP contribution in [0.15, 0.2) is 0 Å². The number of hydroxylamine groups is 3. The van der Waals surface area contributed by atoms with Crippen LogP contribution in [-0.2, 0) is 14.4 Å². The Bertz CT molecular complexity index is 273. The zero-order valence-corrected chi connectivity index (χ0v) is 7.15. The summed E-state index contributed by atoms with van der Waals surface area (Å²) in [5, 5.41) is 19.6. The summed E-state index contributed by atoms with van der Waals surface area (Å²) in [6.45, 7) is 0. The molecule has 0 bridgehead atoms. The monoisotopic (exact) mass is 207 g/mol. The standard InChI is InChI=1S/C6H6ClNO5/c7-5(6(11)12)8(13)3(9)1-2-4(8)10/h5,13H,1-2H2. The summed E-state index contributed by atoms with van der Waals surface area (Å²) >= 11 is 5.17. The van der Waals surface area contributed by atoms with E-state index >= 15 is 0 Å². The van der Waals surface area contributed by atoms with Crippen LogP contribution >= 0.6 is 11.6 Å². The minimum atomic E-state index is -2.07. The van der Waals surface area contributed by atoms with Crippen molar-refractivity contribution in [2.75, 3.05) is 0 Å². The van der Waals surface area contributed by atoms with Gasteiger partial charge in [0, 0.05) is 0 Å². The van der Waals surface area contributed by atoms with Crippen molar-refractivity contribution in [1.82, 2.24) is 0 Å². The minimum absolute atomic E-state index is 0.203. The number of imide groups is 1. The first-order valence-electron chi connectivity index (χ1n) is 3.44. The van der Waals surface area contributed by atoms with E-state index in [1.54, 1.807) is 0 Å². The highest BCUT2D eigenvalue weighted by atomic mass is 35.5. The second-order valence-electron chi connectivity index (χ2n) is 2.63. The van der Waals surface area contributed by atoms with Crippen molar-refractivity contribution < 1.29 is 29.3 Å².